The first-order chi connectivity index (χ1) is 9.90. The zero-order valence-electron chi connectivity index (χ0n) is 14.1. The molecule has 0 aliphatic heterocycles. The van der Waals surface area contributed by atoms with Gasteiger partial charge in [0.15, 0.2) is 0 Å². The highest BCUT2D eigenvalue weighted by Gasteiger charge is 2.36. The number of hydrogen-bond donors (Lipinski definition) is 1. The number of rotatable bonds is 6. The van der Waals surface area contributed by atoms with Gasteiger partial charge in [-0.05, 0) is 43.9 Å². The van der Waals surface area contributed by atoms with Crippen LogP contribution in [-0.4, -0.2) is 24.5 Å². The molecule has 21 heavy (non-hydrogen) atoms. The predicted molar refractivity (Wildman–Crippen MR) is 83.7 cm³/mol. The van der Waals surface area contributed by atoms with Crippen molar-refractivity contribution in [1.82, 2.24) is 5.32 Å². The molecule has 0 aromatic rings. The number of carbonyl (C=O) groups excluding carboxylic acids is 2. The molecule has 0 saturated heterocycles. The minimum Gasteiger partial charge on any atom is -0.464 e. The number of hydrogen-bond acceptors (Lipinski definition) is 3. The zero-order valence-corrected chi connectivity index (χ0v) is 14.1. The summed E-state index contributed by atoms with van der Waals surface area (Å²) in [7, 11) is 0. The summed E-state index contributed by atoms with van der Waals surface area (Å²) < 4.78 is 5.02. The smallest absolute Gasteiger partial charge is 0.328 e. The van der Waals surface area contributed by atoms with E-state index in [-0.39, 0.29) is 17.8 Å². The molecule has 4 heteroatoms. The summed E-state index contributed by atoms with van der Waals surface area (Å²) in [5, 5.41) is 2.91. The summed E-state index contributed by atoms with van der Waals surface area (Å²) in [6.07, 6.45) is 3.79. The molecule has 1 rings (SSSR count). The molecule has 0 aromatic heterocycles. The molecule has 0 aromatic carbocycles. The quantitative estimate of drug-likeness (QED) is 0.766. The Morgan fingerprint density at radius 1 is 1.24 bits per heavy atom. The second-order valence-corrected chi connectivity index (χ2v) is 6.65. The number of carbonyl (C=O) groups is 2. The molecule has 1 aliphatic rings. The van der Waals surface area contributed by atoms with Gasteiger partial charge in [-0.25, -0.2) is 4.79 Å². The van der Waals surface area contributed by atoms with Gasteiger partial charge in [-0.1, -0.05) is 34.1 Å². The Bertz CT molecular complexity index is 354. The average molecular weight is 297 g/mol. The molecule has 4 atom stereocenters. The maximum Gasteiger partial charge on any atom is 0.328 e. The average Bonchev–Trinajstić information content (AvgIpc) is 2.44. The number of nitrogens with one attached hydrogen (secondary N) is 1. The summed E-state index contributed by atoms with van der Waals surface area (Å²) in [6, 6.07) is -0.512. The van der Waals surface area contributed by atoms with Crippen LogP contribution in [0.2, 0.25) is 0 Å². The molecule has 122 valence electrons. The second-order valence-electron chi connectivity index (χ2n) is 6.65. The minimum absolute atomic E-state index is 0.0252. The summed E-state index contributed by atoms with van der Waals surface area (Å²) in [6.45, 7) is 10.6. The Kier molecular flexibility index (Phi) is 7.20. The maximum atomic E-state index is 12.6. The first kappa shape index (κ1) is 18.0. The van der Waals surface area contributed by atoms with Crippen LogP contribution in [0.15, 0.2) is 0 Å². The van der Waals surface area contributed by atoms with Crippen molar-refractivity contribution >= 4 is 11.9 Å². The van der Waals surface area contributed by atoms with Gasteiger partial charge in [0.25, 0.3) is 0 Å². The molecule has 1 aliphatic carbocycles. The molecular weight excluding hydrogens is 266 g/mol. The van der Waals surface area contributed by atoms with Crippen LogP contribution >= 0.6 is 0 Å². The van der Waals surface area contributed by atoms with Gasteiger partial charge in [-0.15, -0.1) is 0 Å². The lowest BCUT2D eigenvalue weighted by molar-refractivity contribution is -0.148. The molecule has 0 heterocycles. The van der Waals surface area contributed by atoms with E-state index < -0.39 is 6.04 Å². The van der Waals surface area contributed by atoms with Gasteiger partial charge in [0.2, 0.25) is 5.91 Å². The van der Waals surface area contributed by atoms with E-state index in [1.54, 1.807) is 6.92 Å². The van der Waals surface area contributed by atoms with Gasteiger partial charge in [-0.2, -0.15) is 0 Å². The van der Waals surface area contributed by atoms with E-state index in [4.69, 9.17) is 4.74 Å². The van der Waals surface area contributed by atoms with E-state index in [1.807, 2.05) is 6.92 Å². The summed E-state index contributed by atoms with van der Waals surface area (Å²) in [4.78, 5) is 24.5. The highest BCUT2D eigenvalue weighted by Crippen LogP contribution is 2.38. The van der Waals surface area contributed by atoms with Gasteiger partial charge >= 0.3 is 5.97 Å². The zero-order chi connectivity index (χ0) is 16.0. The van der Waals surface area contributed by atoms with Crippen molar-refractivity contribution in [2.24, 2.45) is 23.7 Å². The van der Waals surface area contributed by atoms with E-state index in [0.717, 1.165) is 12.8 Å². The van der Waals surface area contributed by atoms with E-state index in [1.165, 1.54) is 6.42 Å². The van der Waals surface area contributed by atoms with E-state index in [0.29, 0.717) is 30.8 Å². The molecule has 1 N–H and O–H groups in total. The van der Waals surface area contributed by atoms with Crippen LogP contribution in [0.3, 0.4) is 0 Å². The van der Waals surface area contributed by atoms with Crippen LogP contribution < -0.4 is 5.32 Å². The van der Waals surface area contributed by atoms with Gasteiger partial charge in [0, 0.05) is 5.92 Å². The van der Waals surface area contributed by atoms with Crippen molar-refractivity contribution in [3.05, 3.63) is 0 Å². The van der Waals surface area contributed by atoms with Crippen LogP contribution in [0.5, 0.6) is 0 Å². The van der Waals surface area contributed by atoms with Gasteiger partial charge in [0.1, 0.15) is 6.04 Å². The lowest BCUT2D eigenvalue weighted by Gasteiger charge is -2.36. The number of ether oxygens (including phenoxy) is 1. The molecule has 1 saturated carbocycles. The molecular formula is C17H31NO3. The Labute approximate surface area is 129 Å². The summed E-state index contributed by atoms with van der Waals surface area (Å²) in [5.41, 5.74) is 0. The second kappa shape index (κ2) is 8.40. The van der Waals surface area contributed by atoms with Crippen molar-refractivity contribution in [2.75, 3.05) is 6.61 Å². The Balaban J connectivity index is 2.71. The minimum atomic E-state index is -0.512. The van der Waals surface area contributed by atoms with Crippen molar-refractivity contribution in [3.63, 3.8) is 0 Å². The van der Waals surface area contributed by atoms with E-state index in [2.05, 4.69) is 26.1 Å². The van der Waals surface area contributed by atoms with Crippen LogP contribution in [0.1, 0.15) is 60.3 Å². The van der Waals surface area contributed by atoms with Crippen molar-refractivity contribution < 1.29 is 14.3 Å². The highest BCUT2D eigenvalue weighted by atomic mass is 16.5. The topological polar surface area (TPSA) is 55.4 Å². The standard InChI is InChI=1S/C17H31NO3/c1-6-15(17(20)21-7-2)18-16(19)14-10-12(5)8-9-13(14)11(3)4/h11-15H,6-10H2,1-5H3,(H,18,19)/t12-,13+,14-,15-/m1/s1. The fraction of sp³-hybridized carbons (Fsp3) is 0.882. The Morgan fingerprint density at radius 3 is 2.43 bits per heavy atom. The molecule has 1 amide bonds. The lowest BCUT2D eigenvalue weighted by atomic mass is 9.69. The number of esters is 1. The fourth-order valence-corrected chi connectivity index (χ4v) is 3.35. The molecule has 4 nitrogen and oxygen atoms in total. The van der Waals surface area contributed by atoms with Crippen LogP contribution in [0.25, 0.3) is 0 Å². The molecule has 0 bridgehead atoms. The first-order valence-corrected chi connectivity index (χ1v) is 8.37. The van der Waals surface area contributed by atoms with Gasteiger partial charge in [0.05, 0.1) is 6.61 Å². The number of amides is 1. The third-order valence-corrected chi connectivity index (χ3v) is 4.65. The van der Waals surface area contributed by atoms with Crippen LogP contribution in [0.4, 0.5) is 0 Å². The molecule has 0 unspecified atom stereocenters. The maximum absolute atomic E-state index is 12.6. The van der Waals surface area contributed by atoms with Crippen molar-refractivity contribution in [2.45, 2.75) is 66.3 Å². The van der Waals surface area contributed by atoms with E-state index >= 15 is 0 Å². The summed E-state index contributed by atoms with van der Waals surface area (Å²) >= 11 is 0. The predicted octanol–water partition coefficient (Wildman–Crippen LogP) is 3.15. The summed E-state index contributed by atoms with van der Waals surface area (Å²) in [5.74, 6) is 1.23. The lowest BCUT2D eigenvalue weighted by Crippen LogP contribution is -2.47. The van der Waals surface area contributed by atoms with Crippen LogP contribution in [0, 0.1) is 23.7 Å². The third kappa shape index (κ3) is 5.01. The Morgan fingerprint density at radius 2 is 1.90 bits per heavy atom. The van der Waals surface area contributed by atoms with Gasteiger partial charge in [-0.3, -0.25) is 4.79 Å². The molecule has 1 fully saturated rings. The Hall–Kier alpha value is -1.06. The highest BCUT2D eigenvalue weighted by molar-refractivity contribution is 5.86. The fourth-order valence-electron chi connectivity index (χ4n) is 3.35. The van der Waals surface area contributed by atoms with Gasteiger partial charge < -0.3 is 10.1 Å². The largest absolute Gasteiger partial charge is 0.464 e. The van der Waals surface area contributed by atoms with E-state index in [9.17, 15) is 9.59 Å². The molecule has 0 radical (unpaired) electrons. The third-order valence-electron chi connectivity index (χ3n) is 4.65. The first-order valence-electron chi connectivity index (χ1n) is 8.37. The van der Waals surface area contributed by atoms with Crippen molar-refractivity contribution in [3.8, 4) is 0 Å². The van der Waals surface area contributed by atoms with Crippen molar-refractivity contribution in [1.29, 1.82) is 0 Å². The van der Waals surface area contributed by atoms with Crippen LogP contribution in [-0.2, 0) is 14.3 Å². The SMILES string of the molecule is CCOC(=O)[C@@H](CC)NC(=O)[C@@H]1C[C@H](C)CC[C@H]1C(C)C. The normalized spacial score (nSPS) is 27.2. The molecule has 0 spiro atoms. The monoisotopic (exact) mass is 297 g/mol.